The number of aromatic nitrogens is 2. The number of imidazole rings is 1. The molecule has 0 fully saturated rings. The maximum Gasteiger partial charge on any atom is 0.313 e. The van der Waals surface area contributed by atoms with Crippen molar-refractivity contribution in [3.8, 4) is 0 Å². The fourth-order valence-electron chi connectivity index (χ4n) is 2.04. The zero-order valence-electron chi connectivity index (χ0n) is 11.7. The summed E-state index contributed by atoms with van der Waals surface area (Å²) in [6, 6.07) is 4.47. The van der Waals surface area contributed by atoms with Crippen LogP contribution in [0.15, 0.2) is 23.4 Å². The third kappa shape index (κ3) is 4.38. The van der Waals surface area contributed by atoms with Crippen LogP contribution in [0.1, 0.15) is 12.8 Å². The highest BCUT2D eigenvalue weighted by molar-refractivity contribution is 7.99. The normalized spacial score (nSPS) is 11.1. The van der Waals surface area contributed by atoms with Gasteiger partial charge in [-0.1, -0.05) is 11.8 Å². The lowest BCUT2D eigenvalue weighted by Crippen LogP contribution is -2.04. The Bertz CT molecular complexity index is 631. The largest absolute Gasteiger partial charge is 0.481 e. The number of hydrogen-bond donors (Lipinski definition) is 1. The molecule has 0 amide bonds. The van der Waals surface area contributed by atoms with E-state index in [1.54, 1.807) is 17.8 Å². The van der Waals surface area contributed by atoms with Gasteiger partial charge in [0.05, 0.1) is 16.8 Å². The number of rotatable bonds is 8. The standard InChI is InChI=1S/C14H17FN2O2S2/c1-20-7-3-2-6-17-12-8-10(15)4-5-11(12)16-14(17)21-9-13(18)19/h4-5,8H,2-3,6-7,9H2,1H3,(H,18,19). The number of carbonyl (C=O) groups is 1. The van der Waals surface area contributed by atoms with Crippen LogP contribution < -0.4 is 0 Å². The monoisotopic (exact) mass is 328 g/mol. The Labute approximate surface area is 131 Å². The summed E-state index contributed by atoms with van der Waals surface area (Å²) in [6.45, 7) is 0.725. The van der Waals surface area contributed by atoms with Crippen molar-refractivity contribution in [2.24, 2.45) is 0 Å². The van der Waals surface area contributed by atoms with Crippen molar-refractivity contribution < 1.29 is 14.3 Å². The summed E-state index contributed by atoms with van der Waals surface area (Å²) in [4.78, 5) is 15.1. The summed E-state index contributed by atoms with van der Waals surface area (Å²) >= 11 is 2.97. The highest BCUT2D eigenvalue weighted by atomic mass is 32.2. The molecule has 7 heteroatoms. The molecule has 0 aliphatic heterocycles. The number of carboxylic acids is 1. The quantitative estimate of drug-likeness (QED) is 0.594. The van der Waals surface area contributed by atoms with Crippen LogP contribution in [-0.4, -0.2) is 38.4 Å². The molecule has 0 atom stereocenters. The van der Waals surface area contributed by atoms with Crippen molar-refractivity contribution in [2.75, 3.05) is 17.8 Å². The van der Waals surface area contributed by atoms with Crippen LogP contribution in [0.3, 0.4) is 0 Å². The second-order valence-electron chi connectivity index (χ2n) is 4.56. The van der Waals surface area contributed by atoms with Crippen LogP contribution in [-0.2, 0) is 11.3 Å². The first-order chi connectivity index (χ1) is 10.1. The van der Waals surface area contributed by atoms with Gasteiger partial charge in [-0.25, -0.2) is 9.37 Å². The smallest absolute Gasteiger partial charge is 0.313 e. The van der Waals surface area contributed by atoms with E-state index in [1.807, 2.05) is 4.57 Å². The van der Waals surface area contributed by atoms with E-state index in [9.17, 15) is 9.18 Å². The molecule has 0 radical (unpaired) electrons. The third-order valence-electron chi connectivity index (χ3n) is 2.98. The second kappa shape index (κ2) is 7.70. The van der Waals surface area contributed by atoms with Crippen LogP contribution in [0, 0.1) is 5.82 Å². The van der Waals surface area contributed by atoms with Crippen molar-refractivity contribution >= 4 is 40.5 Å². The predicted molar refractivity (Wildman–Crippen MR) is 85.7 cm³/mol. The Morgan fingerprint density at radius 2 is 2.24 bits per heavy atom. The number of thioether (sulfide) groups is 2. The van der Waals surface area contributed by atoms with Crippen molar-refractivity contribution in [2.45, 2.75) is 24.5 Å². The van der Waals surface area contributed by atoms with E-state index >= 15 is 0 Å². The fraction of sp³-hybridized carbons (Fsp3) is 0.429. The molecule has 2 aromatic rings. The molecule has 0 unspecified atom stereocenters. The topological polar surface area (TPSA) is 55.1 Å². The third-order valence-corrected chi connectivity index (χ3v) is 4.64. The molecule has 1 aromatic heterocycles. The van der Waals surface area contributed by atoms with Gasteiger partial charge in [0.2, 0.25) is 0 Å². The van der Waals surface area contributed by atoms with E-state index < -0.39 is 5.97 Å². The van der Waals surface area contributed by atoms with Crippen molar-refractivity contribution in [3.63, 3.8) is 0 Å². The van der Waals surface area contributed by atoms with Gasteiger partial charge >= 0.3 is 5.97 Å². The van der Waals surface area contributed by atoms with Gasteiger partial charge < -0.3 is 9.67 Å². The first kappa shape index (κ1) is 16.2. The predicted octanol–water partition coefficient (Wildman–Crippen LogP) is 3.50. The SMILES string of the molecule is CSCCCCn1c(SCC(=O)O)nc2ccc(F)cc21. The second-order valence-corrected chi connectivity index (χ2v) is 6.49. The molecule has 0 saturated heterocycles. The van der Waals surface area contributed by atoms with Crippen LogP contribution in [0.4, 0.5) is 4.39 Å². The molecule has 0 spiro atoms. The van der Waals surface area contributed by atoms with Gasteiger partial charge in [0, 0.05) is 6.54 Å². The van der Waals surface area contributed by atoms with Gasteiger partial charge in [-0.3, -0.25) is 4.79 Å². The molecular formula is C14H17FN2O2S2. The van der Waals surface area contributed by atoms with E-state index in [4.69, 9.17) is 5.11 Å². The van der Waals surface area contributed by atoms with Crippen LogP contribution in [0.2, 0.25) is 0 Å². The van der Waals surface area contributed by atoms with E-state index in [-0.39, 0.29) is 11.6 Å². The molecular weight excluding hydrogens is 311 g/mol. The summed E-state index contributed by atoms with van der Waals surface area (Å²) in [6.07, 6.45) is 4.10. The van der Waals surface area contributed by atoms with E-state index in [0.29, 0.717) is 10.7 Å². The van der Waals surface area contributed by atoms with Gasteiger partial charge in [-0.15, -0.1) is 0 Å². The van der Waals surface area contributed by atoms with Crippen LogP contribution in [0.25, 0.3) is 11.0 Å². The van der Waals surface area contributed by atoms with Crippen LogP contribution >= 0.6 is 23.5 Å². The Balaban J connectivity index is 2.24. The summed E-state index contributed by atoms with van der Waals surface area (Å²) in [5, 5.41) is 9.45. The maximum atomic E-state index is 13.4. The van der Waals surface area contributed by atoms with Crippen molar-refractivity contribution in [1.29, 1.82) is 0 Å². The number of benzene rings is 1. The highest BCUT2D eigenvalue weighted by Gasteiger charge is 2.13. The zero-order chi connectivity index (χ0) is 15.2. The number of fused-ring (bicyclic) bond motifs is 1. The average molecular weight is 328 g/mol. The van der Waals surface area contributed by atoms with Gasteiger partial charge in [0.1, 0.15) is 5.82 Å². The van der Waals surface area contributed by atoms with Crippen molar-refractivity contribution in [1.82, 2.24) is 9.55 Å². The Morgan fingerprint density at radius 3 is 2.95 bits per heavy atom. The minimum Gasteiger partial charge on any atom is -0.481 e. The summed E-state index contributed by atoms with van der Waals surface area (Å²) < 4.78 is 15.4. The van der Waals surface area contributed by atoms with E-state index in [0.717, 1.165) is 30.7 Å². The lowest BCUT2D eigenvalue weighted by Gasteiger charge is -2.08. The molecule has 4 nitrogen and oxygen atoms in total. The van der Waals surface area contributed by atoms with E-state index in [1.165, 1.54) is 23.9 Å². The Kier molecular flexibility index (Phi) is 5.93. The number of nitrogens with zero attached hydrogens (tertiary/aromatic N) is 2. The van der Waals surface area contributed by atoms with E-state index in [2.05, 4.69) is 11.2 Å². The minimum atomic E-state index is -0.882. The summed E-state index contributed by atoms with van der Waals surface area (Å²) in [5.74, 6) is -0.149. The van der Waals surface area contributed by atoms with Gasteiger partial charge in [-0.2, -0.15) is 11.8 Å². The molecule has 1 heterocycles. The van der Waals surface area contributed by atoms with Crippen molar-refractivity contribution in [3.05, 3.63) is 24.0 Å². The molecule has 21 heavy (non-hydrogen) atoms. The lowest BCUT2D eigenvalue weighted by molar-refractivity contribution is -0.133. The first-order valence-electron chi connectivity index (χ1n) is 6.61. The molecule has 2 rings (SSSR count). The average Bonchev–Trinajstić information content (AvgIpc) is 2.78. The lowest BCUT2D eigenvalue weighted by atomic mass is 10.3. The first-order valence-corrected chi connectivity index (χ1v) is 8.99. The van der Waals surface area contributed by atoms with Gasteiger partial charge in [0.15, 0.2) is 5.16 Å². The Hall–Kier alpha value is -1.21. The maximum absolute atomic E-state index is 13.4. The molecule has 0 aliphatic carbocycles. The number of carboxylic acid groups (broad SMARTS) is 1. The number of aryl methyl sites for hydroxylation is 1. The van der Waals surface area contributed by atoms with Gasteiger partial charge in [0.25, 0.3) is 0 Å². The highest BCUT2D eigenvalue weighted by Crippen LogP contribution is 2.25. The summed E-state index contributed by atoms with van der Waals surface area (Å²) in [7, 11) is 0. The number of halogens is 1. The molecule has 0 aliphatic rings. The molecule has 0 bridgehead atoms. The summed E-state index contributed by atoms with van der Waals surface area (Å²) in [5.41, 5.74) is 1.43. The minimum absolute atomic E-state index is 0.0450. The number of hydrogen-bond acceptors (Lipinski definition) is 4. The van der Waals surface area contributed by atoms with Crippen LogP contribution in [0.5, 0.6) is 0 Å². The fourth-order valence-corrected chi connectivity index (χ4v) is 3.30. The Morgan fingerprint density at radius 1 is 1.43 bits per heavy atom. The number of unbranched alkanes of at least 4 members (excludes halogenated alkanes) is 1. The molecule has 0 saturated carbocycles. The molecule has 1 N–H and O–H groups in total. The number of aliphatic carboxylic acids is 1. The van der Waals surface area contributed by atoms with Gasteiger partial charge in [-0.05, 0) is 43.0 Å². The zero-order valence-corrected chi connectivity index (χ0v) is 13.3. The molecule has 1 aromatic carbocycles. The molecule has 114 valence electrons.